The lowest BCUT2D eigenvalue weighted by Crippen LogP contribution is -2.07. The Labute approximate surface area is 108 Å². The Kier molecular flexibility index (Phi) is 5.10. The Bertz CT molecular complexity index is 430. The zero-order valence-electron chi connectivity index (χ0n) is 11.1. The molecule has 2 atom stereocenters. The van der Waals surface area contributed by atoms with Crippen LogP contribution < -0.4 is 0 Å². The Morgan fingerprint density at radius 3 is 2.22 bits per heavy atom. The summed E-state index contributed by atoms with van der Waals surface area (Å²) in [4.78, 5) is 10.9. The van der Waals surface area contributed by atoms with E-state index in [1.807, 2.05) is 37.3 Å². The second-order valence-electron chi connectivity index (χ2n) is 4.48. The summed E-state index contributed by atoms with van der Waals surface area (Å²) in [6.07, 6.45) is 2.29. The molecule has 0 radical (unpaired) electrons. The SMILES string of the molecule is CC/C(=C/c1ccc(C(C)C(=O)O)cc1)C(C)O. The Hall–Kier alpha value is -1.61. The average molecular weight is 248 g/mol. The summed E-state index contributed by atoms with van der Waals surface area (Å²) in [5.74, 6) is -1.32. The lowest BCUT2D eigenvalue weighted by atomic mass is 9.98. The minimum Gasteiger partial charge on any atom is -0.481 e. The van der Waals surface area contributed by atoms with Crippen molar-refractivity contribution in [3.8, 4) is 0 Å². The van der Waals surface area contributed by atoms with Crippen LogP contribution in [0.3, 0.4) is 0 Å². The Morgan fingerprint density at radius 1 is 1.28 bits per heavy atom. The van der Waals surface area contributed by atoms with E-state index in [0.717, 1.165) is 23.1 Å². The fourth-order valence-corrected chi connectivity index (χ4v) is 1.76. The van der Waals surface area contributed by atoms with E-state index in [1.165, 1.54) is 0 Å². The molecule has 0 fully saturated rings. The quantitative estimate of drug-likeness (QED) is 0.842. The van der Waals surface area contributed by atoms with Crippen LogP contribution in [0.5, 0.6) is 0 Å². The molecule has 3 heteroatoms. The highest BCUT2D eigenvalue weighted by Gasteiger charge is 2.12. The van der Waals surface area contributed by atoms with Crippen LogP contribution in [0, 0.1) is 0 Å². The maximum absolute atomic E-state index is 10.9. The summed E-state index contributed by atoms with van der Waals surface area (Å²) in [5, 5.41) is 18.5. The molecule has 18 heavy (non-hydrogen) atoms. The van der Waals surface area contributed by atoms with Gasteiger partial charge in [0.2, 0.25) is 0 Å². The molecule has 0 aliphatic rings. The van der Waals surface area contributed by atoms with Gasteiger partial charge in [0.25, 0.3) is 0 Å². The number of aliphatic hydroxyl groups is 1. The van der Waals surface area contributed by atoms with Crippen molar-refractivity contribution in [2.24, 2.45) is 0 Å². The first-order valence-corrected chi connectivity index (χ1v) is 6.17. The van der Waals surface area contributed by atoms with Gasteiger partial charge in [-0.25, -0.2) is 0 Å². The maximum atomic E-state index is 10.9. The number of carbonyl (C=O) groups is 1. The first-order chi connectivity index (χ1) is 8.45. The molecule has 0 aliphatic carbocycles. The molecule has 2 unspecified atom stereocenters. The van der Waals surface area contributed by atoms with Gasteiger partial charge in [-0.05, 0) is 37.0 Å². The molecule has 1 rings (SSSR count). The second-order valence-corrected chi connectivity index (χ2v) is 4.48. The third-order valence-electron chi connectivity index (χ3n) is 3.10. The molecule has 1 aromatic carbocycles. The number of hydrogen-bond acceptors (Lipinski definition) is 2. The van der Waals surface area contributed by atoms with E-state index < -0.39 is 18.0 Å². The highest BCUT2D eigenvalue weighted by Crippen LogP contribution is 2.18. The third kappa shape index (κ3) is 3.70. The predicted molar refractivity (Wildman–Crippen MR) is 72.4 cm³/mol. The van der Waals surface area contributed by atoms with Crippen molar-refractivity contribution in [1.82, 2.24) is 0 Å². The van der Waals surface area contributed by atoms with Crippen molar-refractivity contribution in [3.63, 3.8) is 0 Å². The molecule has 0 spiro atoms. The van der Waals surface area contributed by atoms with E-state index in [9.17, 15) is 9.90 Å². The Morgan fingerprint density at radius 2 is 1.83 bits per heavy atom. The van der Waals surface area contributed by atoms with Crippen LogP contribution in [0.4, 0.5) is 0 Å². The lowest BCUT2D eigenvalue weighted by Gasteiger charge is -2.09. The van der Waals surface area contributed by atoms with E-state index in [4.69, 9.17) is 5.11 Å². The third-order valence-corrected chi connectivity index (χ3v) is 3.10. The summed E-state index contributed by atoms with van der Waals surface area (Å²) >= 11 is 0. The van der Waals surface area contributed by atoms with Gasteiger partial charge in [-0.1, -0.05) is 37.3 Å². The molecule has 0 bridgehead atoms. The minimum absolute atomic E-state index is 0.451. The number of carboxylic acids is 1. The van der Waals surface area contributed by atoms with Gasteiger partial charge in [-0.2, -0.15) is 0 Å². The fraction of sp³-hybridized carbons (Fsp3) is 0.400. The van der Waals surface area contributed by atoms with Crippen LogP contribution in [-0.2, 0) is 4.79 Å². The van der Waals surface area contributed by atoms with Gasteiger partial charge in [-0.15, -0.1) is 0 Å². The topological polar surface area (TPSA) is 57.5 Å². The largest absolute Gasteiger partial charge is 0.481 e. The minimum atomic E-state index is -0.823. The monoisotopic (exact) mass is 248 g/mol. The molecule has 0 amide bonds. The van der Waals surface area contributed by atoms with E-state index in [0.29, 0.717) is 0 Å². The predicted octanol–water partition coefficient (Wildman–Crippen LogP) is 3.05. The number of aliphatic carboxylic acids is 1. The van der Waals surface area contributed by atoms with Gasteiger partial charge in [0.15, 0.2) is 0 Å². The number of hydrogen-bond donors (Lipinski definition) is 2. The normalized spacial score (nSPS) is 15.2. The van der Waals surface area contributed by atoms with Gasteiger partial charge in [0.1, 0.15) is 0 Å². The van der Waals surface area contributed by atoms with Crippen molar-refractivity contribution >= 4 is 12.0 Å². The smallest absolute Gasteiger partial charge is 0.310 e. The number of benzene rings is 1. The standard InChI is InChI=1S/C15H20O3/c1-4-13(11(3)16)9-12-5-7-14(8-6-12)10(2)15(17)18/h5-11,16H,4H2,1-3H3,(H,17,18)/b13-9-. The number of carboxylic acid groups (broad SMARTS) is 1. The Balaban J connectivity index is 2.92. The fourth-order valence-electron chi connectivity index (χ4n) is 1.76. The summed E-state index contributed by atoms with van der Waals surface area (Å²) in [7, 11) is 0. The van der Waals surface area contributed by atoms with Crippen LogP contribution in [0.25, 0.3) is 6.08 Å². The van der Waals surface area contributed by atoms with Crippen LogP contribution >= 0.6 is 0 Å². The van der Waals surface area contributed by atoms with Crippen molar-refractivity contribution in [2.45, 2.75) is 39.2 Å². The maximum Gasteiger partial charge on any atom is 0.310 e. The van der Waals surface area contributed by atoms with Gasteiger partial charge in [-0.3, -0.25) is 4.79 Å². The molecule has 98 valence electrons. The zero-order chi connectivity index (χ0) is 13.7. The lowest BCUT2D eigenvalue weighted by molar-refractivity contribution is -0.138. The molecule has 0 heterocycles. The molecule has 0 aromatic heterocycles. The van der Waals surface area contributed by atoms with E-state index in [2.05, 4.69) is 0 Å². The molecule has 0 aliphatic heterocycles. The molecule has 2 N–H and O–H groups in total. The summed E-state index contributed by atoms with van der Waals surface area (Å²) in [6.45, 7) is 5.41. The van der Waals surface area contributed by atoms with Gasteiger partial charge < -0.3 is 10.2 Å². The molecule has 0 saturated heterocycles. The van der Waals surface area contributed by atoms with Crippen molar-refractivity contribution in [1.29, 1.82) is 0 Å². The number of aliphatic hydroxyl groups excluding tert-OH is 1. The van der Waals surface area contributed by atoms with Crippen LogP contribution in [0.1, 0.15) is 44.2 Å². The van der Waals surface area contributed by atoms with E-state index >= 15 is 0 Å². The summed E-state index contributed by atoms with van der Waals surface area (Å²) in [5.41, 5.74) is 2.73. The highest BCUT2D eigenvalue weighted by atomic mass is 16.4. The van der Waals surface area contributed by atoms with Gasteiger partial charge in [0, 0.05) is 0 Å². The van der Waals surface area contributed by atoms with Crippen molar-refractivity contribution < 1.29 is 15.0 Å². The average Bonchev–Trinajstić information content (AvgIpc) is 2.35. The number of rotatable bonds is 5. The molecular weight excluding hydrogens is 228 g/mol. The summed E-state index contributed by atoms with van der Waals surface area (Å²) in [6, 6.07) is 7.40. The first-order valence-electron chi connectivity index (χ1n) is 6.17. The van der Waals surface area contributed by atoms with Crippen molar-refractivity contribution in [2.75, 3.05) is 0 Å². The zero-order valence-corrected chi connectivity index (χ0v) is 11.1. The first kappa shape index (κ1) is 14.5. The van der Waals surface area contributed by atoms with Crippen LogP contribution in [0.2, 0.25) is 0 Å². The summed E-state index contributed by atoms with van der Waals surface area (Å²) < 4.78 is 0. The van der Waals surface area contributed by atoms with Gasteiger partial charge >= 0.3 is 5.97 Å². The van der Waals surface area contributed by atoms with Gasteiger partial charge in [0.05, 0.1) is 12.0 Å². The van der Waals surface area contributed by atoms with Crippen LogP contribution in [0.15, 0.2) is 29.8 Å². The second kappa shape index (κ2) is 6.36. The van der Waals surface area contributed by atoms with Crippen molar-refractivity contribution in [3.05, 3.63) is 41.0 Å². The van der Waals surface area contributed by atoms with E-state index in [1.54, 1.807) is 13.8 Å². The highest BCUT2D eigenvalue weighted by molar-refractivity contribution is 5.75. The molecular formula is C15H20O3. The molecule has 3 nitrogen and oxygen atoms in total. The van der Waals surface area contributed by atoms with Crippen LogP contribution in [-0.4, -0.2) is 22.3 Å². The molecule has 0 saturated carbocycles. The molecule has 1 aromatic rings. The van der Waals surface area contributed by atoms with E-state index in [-0.39, 0.29) is 0 Å².